The van der Waals surface area contributed by atoms with Gasteiger partial charge < -0.3 is 9.11 Å². The zero-order chi connectivity index (χ0) is 10.1. The largest absolute Gasteiger partial charge is 0.750 e. The van der Waals surface area contributed by atoms with Crippen molar-refractivity contribution in [2.75, 3.05) is 0 Å². The van der Waals surface area contributed by atoms with Crippen molar-refractivity contribution in [1.82, 2.24) is 0 Å². The summed E-state index contributed by atoms with van der Waals surface area (Å²) < 4.78 is 26.1. The van der Waals surface area contributed by atoms with Gasteiger partial charge in [0, 0.05) is 12.1 Å². The molecule has 0 fully saturated rings. The predicted octanol–water partition coefficient (Wildman–Crippen LogP) is 0.499. The lowest BCUT2D eigenvalue weighted by molar-refractivity contribution is -0.687. The van der Waals surface area contributed by atoms with E-state index in [9.17, 15) is 0 Å². The van der Waals surface area contributed by atoms with Gasteiger partial charge in [-0.15, -0.1) is 0 Å². The maximum atomic E-state index is 8.56. The molecule has 1 aromatic heterocycles. The lowest BCUT2D eigenvalue weighted by Crippen LogP contribution is -2.30. The molecule has 0 bridgehead atoms. The van der Waals surface area contributed by atoms with Crippen LogP contribution in [0.4, 0.5) is 0 Å². The Morgan fingerprint density at radius 3 is 2.31 bits per heavy atom. The fourth-order valence-corrected chi connectivity index (χ4v) is 0.705. The Balaban J connectivity index is 0.000000310. The molecule has 1 heterocycles. The third-order valence-electron chi connectivity index (χ3n) is 1.12. The second kappa shape index (κ2) is 7.60. The monoisotopic (exact) mass is 201 g/mol. The van der Waals surface area contributed by atoms with Crippen molar-refractivity contribution >= 4 is 11.4 Å². The van der Waals surface area contributed by atoms with Crippen LogP contribution in [0.2, 0.25) is 0 Å². The molecular weight excluding hydrogens is 190 g/mol. The summed E-state index contributed by atoms with van der Waals surface area (Å²) in [5.74, 6) is 0. The topological polar surface area (TPSA) is 64.2 Å². The zero-order valence-electron chi connectivity index (χ0n) is 7.00. The highest BCUT2D eigenvalue weighted by atomic mass is 32.2. The van der Waals surface area contributed by atoms with Crippen LogP contribution in [0.3, 0.4) is 0 Å². The van der Waals surface area contributed by atoms with Crippen LogP contribution in [-0.4, -0.2) is 13.3 Å². The molecule has 13 heavy (non-hydrogen) atoms. The minimum atomic E-state index is -2.86. The summed E-state index contributed by atoms with van der Waals surface area (Å²) in [5.41, 5.74) is 0. The van der Waals surface area contributed by atoms with Gasteiger partial charge in [0.1, 0.15) is 0 Å². The van der Waals surface area contributed by atoms with Crippen molar-refractivity contribution in [1.29, 1.82) is 0 Å². The molecule has 0 aliphatic heterocycles. The van der Waals surface area contributed by atoms with Crippen molar-refractivity contribution in [3.63, 3.8) is 0 Å². The molecule has 1 atom stereocenters. The molecular formula is C8H11NO3S. The first-order valence-electron chi connectivity index (χ1n) is 3.50. The summed E-state index contributed by atoms with van der Waals surface area (Å²) in [6, 6.07) is 6.01. The average Bonchev–Trinajstić information content (AvgIpc) is 2.06. The quantitative estimate of drug-likeness (QED) is 0.430. The summed E-state index contributed by atoms with van der Waals surface area (Å²) in [4.78, 5) is 0. The van der Waals surface area contributed by atoms with Gasteiger partial charge in [-0.1, -0.05) is 12.6 Å². The second-order valence-corrected chi connectivity index (χ2v) is 2.51. The van der Waals surface area contributed by atoms with E-state index < -0.39 is 11.4 Å². The van der Waals surface area contributed by atoms with Crippen molar-refractivity contribution < 1.29 is 17.9 Å². The number of allylic oxidation sites excluding steroid dienone is 1. The van der Waals surface area contributed by atoms with Gasteiger partial charge in [0.2, 0.25) is 0 Å². The highest BCUT2D eigenvalue weighted by Crippen LogP contribution is 1.75. The molecule has 4 nitrogen and oxygen atoms in total. The molecule has 0 saturated carbocycles. The molecule has 72 valence electrons. The molecule has 0 amide bonds. The molecule has 0 radical (unpaired) electrons. The van der Waals surface area contributed by atoms with Gasteiger partial charge in [-0.05, 0) is 6.08 Å². The number of pyridine rings is 1. The van der Waals surface area contributed by atoms with E-state index in [-0.39, 0.29) is 0 Å². The van der Waals surface area contributed by atoms with Gasteiger partial charge in [-0.25, -0.2) is 8.78 Å². The lowest BCUT2D eigenvalue weighted by atomic mass is 10.5. The predicted molar refractivity (Wildman–Crippen MR) is 48.4 cm³/mol. The second-order valence-electron chi connectivity index (χ2n) is 2.08. The molecule has 0 aliphatic rings. The van der Waals surface area contributed by atoms with Crippen LogP contribution in [0.15, 0.2) is 43.2 Å². The Bertz CT molecular complexity index is 259. The third-order valence-corrected chi connectivity index (χ3v) is 1.12. The summed E-state index contributed by atoms with van der Waals surface area (Å²) in [6.45, 7) is 4.52. The highest BCUT2D eigenvalue weighted by molar-refractivity contribution is 7.73. The summed E-state index contributed by atoms with van der Waals surface area (Å²) in [7, 11) is 0. The van der Waals surface area contributed by atoms with Crippen molar-refractivity contribution in [3.8, 4) is 0 Å². The van der Waals surface area contributed by atoms with E-state index >= 15 is 0 Å². The molecule has 5 heteroatoms. The minimum absolute atomic E-state index is 0.890. The summed E-state index contributed by atoms with van der Waals surface area (Å²) in [5, 5.41) is 0. The molecule has 1 N–H and O–H groups in total. The molecule has 1 unspecified atom stereocenters. The molecule has 0 aromatic carbocycles. The Morgan fingerprint density at radius 1 is 1.46 bits per heavy atom. The smallest absolute Gasteiger partial charge is 0.169 e. The van der Waals surface area contributed by atoms with Gasteiger partial charge in [-0.2, -0.15) is 0 Å². The van der Waals surface area contributed by atoms with Gasteiger partial charge in [-0.3, -0.25) is 0 Å². The summed E-state index contributed by atoms with van der Waals surface area (Å²) in [6.07, 6.45) is 5.91. The standard InChI is InChI=1S/C8H10N.H2O3S/c1-2-6-9-7-4-3-5-8-9;1-4(2)3/h2-5,7-8H,1,6H2;(H2,1,2,3)/q+1;/p-1. The van der Waals surface area contributed by atoms with Crippen molar-refractivity contribution in [3.05, 3.63) is 43.2 Å². The maximum absolute atomic E-state index is 8.56. The zero-order valence-corrected chi connectivity index (χ0v) is 7.81. The van der Waals surface area contributed by atoms with Crippen molar-refractivity contribution in [2.45, 2.75) is 6.54 Å². The van der Waals surface area contributed by atoms with E-state index in [4.69, 9.17) is 13.3 Å². The Kier molecular flexibility index (Phi) is 6.99. The molecule has 0 spiro atoms. The maximum Gasteiger partial charge on any atom is 0.169 e. The van der Waals surface area contributed by atoms with Gasteiger partial charge in [0.05, 0.1) is 11.4 Å². The number of rotatable bonds is 2. The SMILES string of the molecule is C=CC[n+]1ccccc1.O=S([O-])O. The van der Waals surface area contributed by atoms with Crippen LogP contribution >= 0.6 is 0 Å². The number of aromatic nitrogens is 1. The van der Waals surface area contributed by atoms with E-state index in [1.54, 1.807) is 0 Å². The van der Waals surface area contributed by atoms with Crippen LogP contribution in [-0.2, 0) is 17.9 Å². The lowest BCUT2D eigenvalue weighted by Gasteiger charge is -1.86. The first-order chi connectivity index (χ1) is 6.16. The minimum Gasteiger partial charge on any atom is -0.750 e. The van der Waals surface area contributed by atoms with E-state index in [1.807, 2.05) is 36.7 Å². The normalized spacial score (nSPS) is 10.9. The van der Waals surface area contributed by atoms with E-state index in [0.29, 0.717) is 0 Å². The Morgan fingerprint density at radius 2 is 1.92 bits per heavy atom. The van der Waals surface area contributed by atoms with Crippen LogP contribution < -0.4 is 4.57 Å². The summed E-state index contributed by atoms with van der Waals surface area (Å²) >= 11 is -2.86. The van der Waals surface area contributed by atoms with Gasteiger partial charge in [0.25, 0.3) is 0 Å². The molecule has 0 aliphatic carbocycles. The third kappa shape index (κ3) is 8.87. The van der Waals surface area contributed by atoms with Gasteiger partial charge in [0.15, 0.2) is 18.9 Å². The highest BCUT2D eigenvalue weighted by Gasteiger charge is 1.88. The number of hydrogen-bond donors (Lipinski definition) is 1. The Hall–Kier alpha value is -1.04. The fraction of sp³-hybridized carbons (Fsp3) is 0.125. The van der Waals surface area contributed by atoms with E-state index in [1.165, 1.54) is 0 Å². The van der Waals surface area contributed by atoms with E-state index in [0.717, 1.165) is 6.54 Å². The average molecular weight is 201 g/mol. The number of nitrogens with zero attached hydrogens (tertiary/aromatic N) is 1. The van der Waals surface area contributed by atoms with Crippen LogP contribution in [0, 0.1) is 0 Å². The van der Waals surface area contributed by atoms with E-state index in [2.05, 4.69) is 11.1 Å². The van der Waals surface area contributed by atoms with Crippen LogP contribution in [0.25, 0.3) is 0 Å². The fourth-order valence-electron chi connectivity index (χ4n) is 0.705. The Labute approximate surface area is 79.7 Å². The van der Waals surface area contributed by atoms with Crippen LogP contribution in [0.1, 0.15) is 0 Å². The van der Waals surface area contributed by atoms with Crippen molar-refractivity contribution in [2.24, 2.45) is 0 Å². The number of hydrogen-bond acceptors (Lipinski definition) is 2. The molecule has 1 rings (SSSR count). The first kappa shape index (κ1) is 12.0. The molecule has 1 aromatic rings. The molecule has 0 saturated heterocycles. The van der Waals surface area contributed by atoms with Crippen LogP contribution in [0.5, 0.6) is 0 Å². The van der Waals surface area contributed by atoms with Gasteiger partial charge >= 0.3 is 0 Å². The first-order valence-corrected chi connectivity index (χ1v) is 4.53.